The van der Waals surface area contributed by atoms with E-state index in [4.69, 9.17) is 9.84 Å². The second-order valence-corrected chi connectivity index (χ2v) is 6.92. The molecule has 7 nitrogen and oxygen atoms in total. The molecular weight excluding hydrogens is 334 g/mol. The molecular formula is C19H29N3O4. The molecule has 1 aliphatic rings. The van der Waals surface area contributed by atoms with Crippen molar-refractivity contribution in [2.45, 2.75) is 25.4 Å². The SMILES string of the molecule is COc1cccc(CN(C)C(=O)CN2CCC(N(C)CC(=O)O)CC2)c1. The van der Waals surface area contributed by atoms with Crippen molar-refractivity contribution in [1.29, 1.82) is 0 Å². The molecule has 0 unspecified atom stereocenters. The minimum absolute atomic E-state index is 0.0624. The molecule has 1 heterocycles. The summed E-state index contributed by atoms with van der Waals surface area (Å²) in [4.78, 5) is 29.1. The van der Waals surface area contributed by atoms with Gasteiger partial charge >= 0.3 is 5.97 Å². The number of piperidine rings is 1. The minimum atomic E-state index is -0.802. The zero-order valence-corrected chi connectivity index (χ0v) is 15.9. The quantitative estimate of drug-likeness (QED) is 0.747. The fourth-order valence-corrected chi connectivity index (χ4v) is 3.31. The summed E-state index contributed by atoms with van der Waals surface area (Å²) in [5.41, 5.74) is 1.04. The van der Waals surface area contributed by atoms with Gasteiger partial charge in [-0.15, -0.1) is 0 Å². The van der Waals surface area contributed by atoms with Crippen molar-refractivity contribution in [2.24, 2.45) is 0 Å². The molecule has 1 amide bonds. The van der Waals surface area contributed by atoms with Gasteiger partial charge in [0.2, 0.25) is 5.91 Å². The highest BCUT2D eigenvalue weighted by Gasteiger charge is 2.25. The van der Waals surface area contributed by atoms with Crippen LogP contribution in [0.4, 0.5) is 0 Å². The van der Waals surface area contributed by atoms with Gasteiger partial charge in [-0.25, -0.2) is 0 Å². The summed E-state index contributed by atoms with van der Waals surface area (Å²) in [6, 6.07) is 8.00. The van der Waals surface area contributed by atoms with Crippen LogP contribution in [0.2, 0.25) is 0 Å². The molecule has 0 spiro atoms. The van der Waals surface area contributed by atoms with E-state index in [-0.39, 0.29) is 18.5 Å². The Bertz CT molecular complexity index is 615. The predicted octanol–water partition coefficient (Wildman–Crippen LogP) is 1.13. The molecule has 1 N–H and O–H groups in total. The summed E-state index contributed by atoms with van der Waals surface area (Å²) in [5.74, 6) is 0.0744. The summed E-state index contributed by atoms with van der Waals surface area (Å²) in [6.45, 7) is 2.64. The van der Waals surface area contributed by atoms with E-state index in [0.717, 1.165) is 37.2 Å². The fraction of sp³-hybridized carbons (Fsp3) is 0.579. The number of hydrogen-bond donors (Lipinski definition) is 1. The third-order valence-electron chi connectivity index (χ3n) is 4.90. The Kier molecular flexibility index (Phi) is 7.41. The topological polar surface area (TPSA) is 73.3 Å². The number of amides is 1. The molecule has 0 radical (unpaired) electrons. The Balaban J connectivity index is 1.78. The van der Waals surface area contributed by atoms with E-state index in [1.54, 1.807) is 12.0 Å². The van der Waals surface area contributed by atoms with Gasteiger partial charge < -0.3 is 14.7 Å². The largest absolute Gasteiger partial charge is 0.497 e. The second kappa shape index (κ2) is 9.54. The molecule has 0 atom stereocenters. The molecule has 26 heavy (non-hydrogen) atoms. The lowest BCUT2D eigenvalue weighted by molar-refractivity contribution is -0.138. The maximum Gasteiger partial charge on any atom is 0.317 e. The van der Waals surface area contributed by atoms with Gasteiger partial charge in [-0.2, -0.15) is 0 Å². The Morgan fingerprint density at radius 1 is 1.27 bits per heavy atom. The number of likely N-dealkylation sites (N-methyl/N-ethyl adjacent to an activating group) is 2. The summed E-state index contributed by atoms with van der Waals surface area (Å²) in [6.07, 6.45) is 1.77. The van der Waals surface area contributed by atoms with Crippen LogP contribution in [0, 0.1) is 0 Å². The van der Waals surface area contributed by atoms with Crippen molar-refractivity contribution in [3.05, 3.63) is 29.8 Å². The van der Waals surface area contributed by atoms with Gasteiger partial charge in [-0.1, -0.05) is 12.1 Å². The van der Waals surface area contributed by atoms with Crippen LogP contribution in [0.15, 0.2) is 24.3 Å². The van der Waals surface area contributed by atoms with Gasteiger partial charge in [0.05, 0.1) is 20.2 Å². The van der Waals surface area contributed by atoms with E-state index < -0.39 is 5.97 Å². The molecule has 1 fully saturated rings. The minimum Gasteiger partial charge on any atom is -0.497 e. The Morgan fingerprint density at radius 3 is 2.58 bits per heavy atom. The number of carbonyl (C=O) groups is 2. The van der Waals surface area contributed by atoms with Crippen molar-refractivity contribution in [3.8, 4) is 5.75 Å². The number of ether oxygens (including phenoxy) is 1. The first-order chi connectivity index (χ1) is 12.4. The van der Waals surface area contributed by atoms with Crippen molar-refractivity contribution in [2.75, 3.05) is 47.4 Å². The van der Waals surface area contributed by atoms with Crippen LogP contribution in [0.5, 0.6) is 5.75 Å². The number of benzene rings is 1. The zero-order valence-electron chi connectivity index (χ0n) is 15.9. The third-order valence-corrected chi connectivity index (χ3v) is 4.90. The number of aliphatic carboxylic acids is 1. The van der Waals surface area contributed by atoms with Crippen LogP contribution in [-0.2, 0) is 16.1 Å². The van der Waals surface area contributed by atoms with Gasteiger partial charge in [0, 0.05) is 32.7 Å². The molecule has 2 rings (SSSR count). The van der Waals surface area contributed by atoms with Gasteiger partial charge in [-0.05, 0) is 37.6 Å². The average Bonchev–Trinajstić information content (AvgIpc) is 2.61. The molecule has 7 heteroatoms. The Labute approximate surface area is 155 Å². The normalized spacial score (nSPS) is 15.8. The first-order valence-electron chi connectivity index (χ1n) is 8.90. The van der Waals surface area contributed by atoms with Gasteiger partial charge in [-0.3, -0.25) is 19.4 Å². The van der Waals surface area contributed by atoms with E-state index in [2.05, 4.69) is 4.90 Å². The molecule has 0 saturated carbocycles. The van der Waals surface area contributed by atoms with Gasteiger partial charge in [0.1, 0.15) is 5.75 Å². The highest BCUT2D eigenvalue weighted by atomic mass is 16.5. The smallest absolute Gasteiger partial charge is 0.317 e. The second-order valence-electron chi connectivity index (χ2n) is 6.92. The highest BCUT2D eigenvalue weighted by Crippen LogP contribution is 2.16. The maximum atomic E-state index is 12.5. The van der Waals surface area contributed by atoms with E-state index in [9.17, 15) is 9.59 Å². The van der Waals surface area contributed by atoms with Crippen LogP contribution < -0.4 is 4.74 Å². The van der Waals surface area contributed by atoms with E-state index >= 15 is 0 Å². The number of methoxy groups -OCH3 is 1. The standard InChI is InChI=1S/C19H29N3O4/c1-20(14-19(24)25)16-7-9-22(10-8-16)13-18(23)21(2)12-15-5-4-6-17(11-15)26-3/h4-6,11,16H,7-10,12-14H2,1-3H3,(H,24,25). The lowest BCUT2D eigenvalue weighted by Gasteiger charge is -2.36. The van der Waals surface area contributed by atoms with Crippen molar-refractivity contribution < 1.29 is 19.4 Å². The summed E-state index contributed by atoms with van der Waals surface area (Å²) < 4.78 is 5.22. The molecule has 0 aromatic heterocycles. The zero-order chi connectivity index (χ0) is 19.1. The number of nitrogens with zero attached hydrogens (tertiary/aromatic N) is 3. The lowest BCUT2D eigenvalue weighted by atomic mass is 10.0. The average molecular weight is 363 g/mol. The van der Waals surface area contributed by atoms with E-state index in [1.807, 2.05) is 43.3 Å². The lowest BCUT2D eigenvalue weighted by Crippen LogP contribution is -2.47. The number of carboxylic acids is 1. The summed E-state index contributed by atoms with van der Waals surface area (Å²) in [5, 5.41) is 8.89. The van der Waals surface area contributed by atoms with E-state index in [1.165, 1.54) is 0 Å². The molecule has 1 aromatic carbocycles. The predicted molar refractivity (Wildman–Crippen MR) is 99.2 cm³/mol. The first-order valence-corrected chi connectivity index (χ1v) is 8.90. The molecule has 1 aromatic rings. The molecule has 1 aliphatic heterocycles. The third kappa shape index (κ3) is 6.00. The van der Waals surface area contributed by atoms with E-state index in [0.29, 0.717) is 13.1 Å². The van der Waals surface area contributed by atoms with Crippen LogP contribution in [0.1, 0.15) is 18.4 Å². The molecule has 0 aliphatic carbocycles. The van der Waals surface area contributed by atoms with Crippen LogP contribution in [0.25, 0.3) is 0 Å². The van der Waals surface area contributed by atoms with Crippen molar-refractivity contribution >= 4 is 11.9 Å². The monoisotopic (exact) mass is 363 g/mol. The molecule has 144 valence electrons. The van der Waals surface area contributed by atoms with Crippen molar-refractivity contribution in [1.82, 2.24) is 14.7 Å². The maximum absolute atomic E-state index is 12.5. The summed E-state index contributed by atoms with van der Waals surface area (Å²) in [7, 11) is 5.29. The van der Waals surface area contributed by atoms with Crippen LogP contribution in [-0.4, -0.2) is 85.1 Å². The number of likely N-dealkylation sites (tertiary alicyclic amines) is 1. The van der Waals surface area contributed by atoms with Gasteiger partial charge in [0.25, 0.3) is 0 Å². The molecule has 0 bridgehead atoms. The Morgan fingerprint density at radius 2 is 1.96 bits per heavy atom. The molecule has 1 saturated heterocycles. The number of hydrogen-bond acceptors (Lipinski definition) is 5. The number of carboxylic acid groups (broad SMARTS) is 1. The number of rotatable bonds is 8. The van der Waals surface area contributed by atoms with Crippen molar-refractivity contribution in [3.63, 3.8) is 0 Å². The Hall–Kier alpha value is -2.12. The number of carbonyl (C=O) groups excluding carboxylic acids is 1. The van der Waals surface area contributed by atoms with Crippen LogP contribution >= 0.6 is 0 Å². The first kappa shape index (κ1) is 20.2. The van der Waals surface area contributed by atoms with Gasteiger partial charge in [0.15, 0.2) is 0 Å². The highest BCUT2D eigenvalue weighted by molar-refractivity contribution is 5.78. The fourth-order valence-electron chi connectivity index (χ4n) is 3.31. The summed E-state index contributed by atoms with van der Waals surface area (Å²) >= 11 is 0. The van der Waals surface area contributed by atoms with Crippen LogP contribution in [0.3, 0.4) is 0 Å².